The third kappa shape index (κ3) is 3.09. The number of halogens is 3. The molecule has 2 rings (SSSR count). The van der Waals surface area contributed by atoms with E-state index in [2.05, 4.69) is 5.73 Å². The first-order valence-corrected chi connectivity index (χ1v) is 6.44. The molecular weight excluding hydrogens is 265 g/mol. The van der Waals surface area contributed by atoms with Crippen molar-refractivity contribution in [2.75, 3.05) is 0 Å². The fourth-order valence-corrected chi connectivity index (χ4v) is 2.64. The minimum Gasteiger partial charge on any atom is -0.166 e. The highest BCUT2D eigenvalue weighted by molar-refractivity contribution is 7.11. The average Bonchev–Trinajstić information content (AvgIpc) is 2.86. The first-order chi connectivity index (χ1) is 8.07. The molecule has 88 valence electrons. The molecule has 0 saturated carbocycles. The van der Waals surface area contributed by atoms with Gasteiger partial charge in [-0.15, -0.1) is 28.4 Å². The maximum Gasteiger partial charge on any atom is 0.417 e. The minimum absolute atomic E-state index is 0.185. The van der Waals surface area contributed by atoms with E-state index in [-0.39, 0.29) is 4.88 Å². The van der Waals surface area contributed by atoms with Gasteiger partial charge in [-0.25, -0.2) is 0 Å². The molecule has 0 spiro atoms. The zero-order valence-electron chi connectivity index (χ0n) is 8.49. The van der Waals surface area contributed by atoms with Gasteiger partial charge in [0.15, 0.2) is 0 Å². The molecule has 0 atom stereocenters. The van der Waals surface area contributed by atoms with Gasteiger partial charge in [-0.2, -0.15) is 13.2 Å². The van der Waals surface area contributed by atoms with Gasteiger partial charge < -0.3 is 0 Å². The Kier molecular flexibility index (Phi) is 3.52. The van der Waals surface area contributed by atoms with Gasteiger partial charge in [0.05, 0.1) is 5.56 Å². The second-order valence-electron chi connectivity index (χ2n) is 3.17. The fraction of sp³-hybridized carbons (Fsp3) is 0.0833. The van der Waals surface area contributed by atoms with Gasteiger partial charge in [-0.05, 0) is 35.0 Å². The highest BCUT2D eigenvalue weighted by Crippen LogP contribution is 2.35. The summed E-state index contributed by atoms with van der Waals surface area (Å²) in [6, 6.07) is 4.85. The molecular formula is C12H7F3S2. The summed E-state index contributed by atoms with van der Waals surface area (Å²) >= 11 is 2.57. The Bertz CT molecular complexity index is 541. The van der Waals surface area contributed by atoms with E-state index in [4.69, 9.17) is 0 Å². The monoisotopic (exact) mass is 272 g/mol. The zero-order valence-corrected chi connectivity index (χ0v) is 10.1. The Balaban J connectivity index is 2.25. The molecule has 0 saturated heterocycles. The Labute approximate surface area is 104 Å². The summed E-state index contributed by atoms with van der Waals surface area (Å²) in [5.41, 5.74) is 2.17. The largest absolute Gasteiger partial charge is 0.417 e. The molecule has 0 aliphatic carbocycles. The van der Waals surface area contributed by atoms with Gasteiger partial charge in [0.2, 0.25) is 0 Å². The van der Waals surface area contributed by atoms with Crippen molar-refractivity contribution in [3.63, 3.8) is 0 Å². The number of rotatable bonds is 2. The molecule has 2 heterocycles. The summed E-state index contributed by atoms with van der Waals surface area (Å²) < 4.78 is 37.6. The number of alkyl halides is 3. The van der Waals surface area contributed by atoms with Gasteiger partial charge in [-0.3, -0.25) is 0 Å². The first kappa shape index (κ1) is 12.2. The van der Waals surface area contributed by atoms with Crippen LogP contribution in [0.4, 0.5) is 13.2 Å². The number of hydrogen-bond donors (Lipinski definition) is 0. The Morgan fingerprint density at radius 3 is 2.53 bits per heavy atom. The Morgan fingerprint density at radius 1 is 1.06 bits per heavy atom. The lowest BCUT2D eigenvalue weighted by molar-refractivity contribution is -0.137. The van der Waals surface area contributed by atoms with Crippen molar-refractivity contribution in [2.24, 2.45) is 0 Å². The quantitative estimate of drug-likeness (QED) is 0.663. The average molecular weight is 272 g/mol. The lowest BCUT2D eigenvalue weighted by Crippen LogP contribution is -2.04. The SMILES string of the molecule is FC(F)(F)c1ccsc1C=C=Cc1cccs1. The summed E-state index contributed by atoms with van der Waals surface area (Å²) in [7, 11) is 0. The van der Waals surface area contributed by atoms with E-state index in [0.717, 1.165) is 22.3 Å². The van der Waals surface area contributed by atoms with E-state index in [0.29, 0.717) is 0 Å². The van der Waals surface area contributed by atoms with Crippen molar-refractivity contribution in [2.45, 2.75) is 6.18 Å². The van der Waals surface area contributed by atoms with Crippen LogP contribution in [0.1, 0.15) is 15.3 Å². The second kappa shape index (κ2) is 4.92. The summed E-state index contributed by atoms with van der Waals surface area (Å²) in [5, 5.41) is 3.33. The van der Waals surface area contributed by atoms with Crippen molar-refractivity contribution in [1.82, 2.24) is 0 Å². The van der Waals surface area contributed by atoms with Crippen LogP contribution in [-0.4, -0.2) is 0 Å². The molecule has 17 heavy (non-hydrogen) atoms. The molecule has 0 unspecified atom stereocenters. The number of hydrogen-bond acceptors (Lipinski definition) is 2. The molecule has 0 N–H and O–H groups in total. The van der Waals surface area contributed by atoms with Gasteiger partial charge >= 0.3 is 6.18 Å². The molecule has 0 bridgehead atoms. The zero-order chi connectivity index (χ0) is 12.3. The molecule has 0 aliphatic heterocycles. The summed E-state index contributed by atoms with van der Waals surface area (Å²) in [6.45, 7) is 0. The molecule has 0 aromatic carbocycles. The maximum atomic E-state index is 12.5. The van der Waals surface area contributed by atoms with Crippen LogP contribution in [0.25, 0.3) is 12.2 Å². The molecule has 2 aromatic rings. The molecule has 0 aliphatic rings. The van der Waals surface area contributed by atoms with Crippen LogP contribution >= 0.6 is 22.7 Å². The van der Waals surface area contributed by atoms with Crippen LogP contribution in [0.15, 0.2) is 34.7 Å². The van der Waals surface area contributed by atoms with Crippen LogP contribution in [0, 0.1) is 0 Å². The van der Waals surface area contributed by atoms with Gasteiger partial charge in [-0.1, -0.05) is 6.07 Å². The lowest BCUT2D eigenvalue weighted by Gasteiger charge is -2.03. The standard InChI is InChI=1S/C12H7F3S2/c13-12(14,15)10-6-8-17-11(10)5-1-3-9-4-2-7-16-9/h2-8H. The van der Waals surface area contributed by atoms with Crippen molar-refractivity contribution in [1.29, 1.82) is 0 Å². The van der Waals surface area contributed by atoms with Crippen LogP contribution in [0.5, 0.6) is 0 Å². The minimum atomic E-state index is -4.30. The second-order valence-corrected chi connectivity index (χ2v) is 5.09. The van der Waals surface area contributed by atoms with Gasteiger partial charge in [0.1, 0.15) is 0 Å². The van der Waals surface area contributed by atoms with Crippen LogP contribution < -0.4 is 0 Å². The summed E-state index contributed by atoms with van der Waals surface area (Å²) in [4.78, 5) is 1.15. The van der Waals surface area contributed by atoms with E-state index in [9.17, 15) is 13.2 Å². The topological polar surface area (TPSA) is 0 Å². The van der Waals surface area contributed by atoms with Crippen molar-refractivity contribution >= 4 is 34.8 Å². The lowest BCUT2D eigenvalue weighted by atomic mass is 10.2. The summed E-state index contributed by atoms with van der Waals surface area (Å²) in [6.07, 6.45) is -1.26. The van der Waals surface area contributed by atoms with Crippen molar-refractivity contribution < 1.29 is 13.2 Å². The number of thiophene rings is 2. The maximum absolute atomic E-state index is 12.5. The van der Waals surface area contributed by atoms with E-state index < -0.39 is 11.7 Å². The Hall–Kier alpha value is -1.29. The fourth-order valence-electron chi connectivity index (χ4n) is 1.24. The summed E-state index contributed by atoms with van der Waals surface area (Å²) in [5.74, 6) is 0. The molecule has 5 heteroatoms. The van der Waals surface area contributed by atoms with Gasteiger partial charge in [0.25, 0.3) is 0 Å². The van der Waals surface area contributed by atoms with Crippen LogP contribution in [0.2, 0.25) is 0 Å². The highest BCUT2D eigenvalue weighted by Gasteiger charge is 2.33. The highest BCUT2D eigenvalue weighted by atomic mass is 32.1. The molecule has 0 amide bonds. The van der Waals surface area contributed by atoms with Crippen LogP contribution in [-0.2, 0) is 6.18 Å². The first-order valence-electron chi connectivity index (χ1n) is 4.68. The van der Waals surface area contributed by atoms with Gasteiger partial charge in [0, 0.05) is 9.75 Å². The smallest absolute Gasteiger partial charge is 0.166 e. The molecule has 2 aromatic heterocycles. The van der Waals surface area contributed by atoms with Crippen molar-refractivity contribution in [3.05, 3.63) is 50.0 Å². The molecule has 0 nitrogen and oxygen atoms in total. The molecule has 0 fully saturated rings. The van der Waals surface area contributed by atoms with E-state index in [1.807, 2.05) is 17.5 Å². The predicted molar refractivity (Wildman–Crippen MR) is 66.1 cm³/mol. The third-order valence-corrected chi connectivity index (χ3v) is 3.67. The Morgan fingerprint density at radius 2 is 1.88 bits per heavy atom. The normalized spacial score (nSPS) is 11.0. The van der Waals surface area contributed by atoms with Crippen LogP contribution in [0.3, 0.4) is 0 Å². The predicted octanol–water partition coefficient (Wildman–Crippen LogP) is 5.15. The molecule has 0 radical (unpaired) electrons. The van der Waals surface area contributed by atoms with E-state index in [1.54, 1.807) is 6.08 Å². The van der Waals surface area contributed by atoms with Crippen molar-refractivity contribution in [3.8, 4) is 0 Å². The van der Waals surface area contributed by atoms with E-state index in [1.165, 1.54) is 22.8 Å². The third-order valence-electron chi connectivity index (χ3n) is 1.98. The van der Waals surface area contributed by atoms with E-state index >= 15 is 0 Å².